The predicted octanol–water partition coefficient (Wildman–Crippen LogP) is 7.94. The molecule has 29 heavy (non-hydrogen) atoms. The molecule has 4 aromatic carbocycles. The van der Waals surface area contributed by atoms with Gasteiger partial charge in [-0.15, -0.1) is 0 Å². The second-order valence-corrected chi connectivity index (χ2v) is 7.35. The quantitative estimate of drug-likeness (QED) is 0.320. The maximum Gasteiger partial charge on any atom is 0.0466 e. The third-order valence-corrected chi connectivity index (χ3v) is 4.90. The van der Waals surface area contributed by atoms with E-state index in [4.69, 9.17) is 0 Å². The lowest BCUT2D eigenvalue weighted by Crippen LogP contribution is -2.10. The molecule has 0 saturated heterocycles. The van der Waals surface area contributed by atoms with Gasteiger partial charge in [-0.2, -0.15) is 0 Å². The minimum atomic E-state index is 1.15. The monoisotopic (exact) mass is 375 g/mol. The molecule has 0 aliphatic carbocycles. The van der Waals surface area contributed by atoms with Crippen LogP contribution in [0.1, 0.15) is 22.3 Å². The van der Waals surface area contributed by atoms with E-state index in [2.05, 4.69) is 128 Å². The molecule has 0 unspecified atom stereocenters. The van der Waals surface area contributed by atoms with Crippen LogP contribution in [0.15, 0.2) is 103 Å². The molecule has 1 nitrogen and oxygen atoms in total. The Labute approximate surface area is 173 Å². The van der Waals surface area contributed by atoms with Crippen LogP contribution in [0.25, 0.3) is 12.2 Å². The van der Waals surface area contributed by atoms with Crippen molar-refractivity contribution in [2.45, 2.75) is 13.8 Å². The molecule has 0 radical (unpaired) electrons. The molecule has 0 N–H and O–H groups in total. The summed E-state index contributed by atoms with van der Waals surface area (Å²) in [6.45, 7) is 4.30. The molecular weight excluding hydrogens is 350 g/mol. The summed E-state index contributed by atoms with van der Waals surface area (Å²) in [4.78, 5) is 2.31. The predicted molar refractivity (Wildman–Crippen MR) is 126 cm³/mol. The Balaban J connectivity index is 1.69. The van der Waals surface area contributed by atoms with E-state index in [-0.39, 0.29) is 0 Å². The first kappa shape index (κ1) is 18.8. The summed E-state index contributed by atoms with van der Waals surface area (Å²) in [6, 6.07) is 36.3. The van der Waals surface area contributed by atoms with Crippen molar-refractivity contribution in [1.29, 1.82) is 0 Å². The summed E-state index contributed by atoms with van der Waals surface area (Å²) in [5, 5.41) is 0. The molecule has 142 valence electrons. The Morgan fingerprint density at radius 1 is 0.483 bits per heavy atom. The van der Waals surface area contributed by atoms with E-state index in [1.165, 1.54) is 27.9 Å². The van der Waals surface area contributed by atoms with Gasteiger partial charge in [-0.05, 0) is 72.5 Å². The van der Waals surface area contributed by atoms with E-state index >= 15 is 0 Å². The van der Waals surface area contributed by atoms with Crippen LogP contribution in [0.4, 0.5) is 17.1 Å². The minimum Gasteiger partial charge on any atom is -0.310 e. The molecule has 4 rings (SSSR count). The molecule has 0 bridgehead atoms. The first-order chi connectivity index (χ1) is 14.2. The van der Waals surface area contributed by atoms with Crippen molar-refractivity contribution in [3.63, 3.8) is 0 Å². The molecule has 0 spiro atoms. The highest BCUT2D eigenvalue weighted by atomic mass is 15.1. The zero-order valence-electron chi connectivity index (χ0n) is 16.9. The number of nitrogens with zero attached hydrogens (tertiary/aromatic N) is 1. The maximum absolute atomic E-state index is 2.31. The van der Waals surface area contributed by atoms with Gasteiger partial charge >= 0.3 is 0 Å². The second kappa shape index (κ2) is 8.62. The Morgan fingerprint density at radius 2 is 0.966 bits per heavy atom. The van der Waals surface area contributed by atoms with Gasteiger partial charge in [0.25, 0.3) is 0 Å². The maximum atomic E-state index is 2.31. The number of hydrogen-bond donors (Lipinski definition) is 0. The molecule has 0 atom stereocenters. The van der Waals surface area contributed by atoms with Crippen molar-refractivity contribution >= 4 is 29.2 Å². The van der Waals surface area contributed by atoms with Crippen molar-refractivity contribution in [1.82, 2.24) is 0 Å². The summed E-state index contributed by atoms with van der Waals surface area (Å²) >= 11 is 0. The first-order valence-electron chi connectivity index (χ1n) is 9.96. The number of rotatable bonds is 5. The van der Waals surface area contributed by atoms with Gasteiger partial charge in [0.15, 0.2) is 0 Å². The van der Waals surface area contributed by atoms with E-state index in [1.54, 1.807) is 0 Å². The average molecular weight is 376 g/mol. The van der Waals surface area contributed by atoms with Gasteiger partial charge in [-0.1, -0.05) is 78.9 Å². The second-order valence-electron chi connectivity index (χ2n) is 7.35. The standard InChI is InChI=1S/C28H25N/c1-22-19-23(2)21-28(20-22)29(26-11-7-4-8-12-26)27-17-15-25(16-18-27)14-13-24-9-5-3-6-10-24/h3-21H,1-2H3/b14-13+. The van der Waals surface area contributed by atoms with E-state index in [0.717, 1.165) is 11.4 Å². The molecule has 0 heterocycles. The van der Waals surface area contributed by atoms with Crippen molar-refractivity contribution in [3.8, 4) is 0 Å². The highest BCUT2D eigenvalue weighted by Crippen LogP contribution is 2.35. The Hall–Kier alpha value is -3.58. The van der Waals surface area contributed by atoms with Crippen LogP contribution in [0.2, 0.25) is 0 Å². The normalized spacial score (nSPS) is 11.0. The van der Waals surface area contributed by atoms with Crippen molar-refractivity contribution in [2.75, 3.05) is 4.90 Å². The van der Waals surface area contributed by atoms with E-state index in [0.29, 0.717) is 0 Å². The third kappa shape index (κ3) is 4.64. The van der Waals surface area contributed by atoms with E-state index in [9.17, 15) is 0 Å². The Kier molecular flexibility index (Phi) is 5.58. The van der Waals surface area contributed by atoms with Gasteiger partial charge in [0.05, 0.1) is 0 Å². The van der Waals surface area contributed by atoms with Crippen molar-refractivity contribution < 1.29 is 0 Å². The molecule has 0 saturated carbocycles. The molecule has 0 aromatic heterocycles. The van der Waals surface area contributed by atoms with E-state index < -0.39 is 0 Å². The van der Waals surface area contributed by atoms with Crippen molar-refractivity contribution in [3.05, 3.63) is 125 Å². The van der Waals surface area contributed by atoms with Crippen molar-refractivity contribution in [2.24, 2.45) is 0 Å². The number of aryl methyl sites for hydroxylation is 2. The van der Waals surface area contributed by atoms with Gasteiger partial charge in [0.1, 0.15) is 0 Å². The van der Waals surface area contributed by atoms with Gasteiger partial charge in [0, 0.05) is 17.1 Å². The molecule has 0 amide bonds. The van der Waals surface area contributed by atoms with E-state index in [1.807, 2.05) is 6.07 Å². The van der Waals surface area contributed by atoms with Gasteiger partial charge < -0.3 is 4.90 Å². The van der Waals surface area contributed by atoms with Crippen LogP contribution in [0.3, 0.4) is 0 Å². The summed E-state index contributed by atoms with van der Waals surface area (Å²) in [6.07, 6.45) is 4.30. The molecule has 0 fully saturated rings. The SMILES string of the molecule is Cc1cc(C)cc(N(c2ccccc2)c2ccc(/C=C/c3ccccc3)cc2)c1. The number of benzene rings is 4. The summed E-state index contributed by atoms with van der Waals surface area (Å²) in [5.41, 5.74) is 8.42. The van der Waals surface area contributed by atoms with Crippen LogP contribution in [0, 0.1) is 13.8 Å². The first-order valence-corrected chi connectivity index (χ1v) is 9.96. The fourth-order valence-electron chi connectivity index (χ4n) is 3.60. The topological polar surface area (TPSA) is 3.24 Å². The summed E-state index contributed by atoms with van der Waals surface area (Å²) in [7, 11) is 0. The minimum absolute atomic E-state index is 1.15. The zero-order valence-corrected chi connectivity index (χ0v) is 16.9. The average Bonchev–Trinajstić information content (AvgIpc) is 2.74. The lowest BCUT2D eigenvalue weighted by molar-refractivity contribution is 1.25. The largest absolute Gasteiger partial charge is 0.310 e. The number of anilines is 3. The smallest absolute Gasteiger partial charge is 0.0466 e. The number of para-hydroxylation sites is 1. The molecule has 0 aliphatic rings. The highest BCUT2D eigenvalue weighted by Gasteiger charge is 2.12. The molecule has 0 aliphatic heterocycles. The lowest BCUT2D eigenvalue weighted by Gasteiger charge is -2.26. The zero-order chi connectivity index (χ0) is 20.1. The Morgan fingerprint density at radius 3 is 1.55 bits per heavy atom. The summed E-state index contributed by atoms with van der Waals surface area (Å²) in [5.74, 6) is 0. The highest BCUT2D eigenvalue weighted by molar-refractivity contribution is 5.78. The van der Waals surface area contributed by atoms with Crippen LogP contribution >= 0.6 is 0 Å². The van der Waals surface area contributed by atoms with Gasteiger partial charge in [-0.3, -0.25) is 0 Å². The fourth-order valence-corrected chi connectivity index (χ4v) is 3.60. The van der Waals surface area contributed by atoms with Crippen LogP contribution in [-0.2, 0) is 0 Å². The molecule has 1 heteroatoms. The lowest BCUT2D eigenvalue weighted by atomic mass is 10.1. The Bertz CT molecular complexity index is 1070. The van der Waals surface area contributed by atoms with Crippen LogP contribution in [0.5, 0.6) is 0 Å². The molecule has 4 aromatic rings. The molecular formula is C28H25N. The number of hydrogen-bond acceptors (Lipinski definition) is 1. The van der Waals surface area contributed by atoms with Crippen LogP contribution in [-0.4, -0.2) is 0 Å². The van der Waals surface area contributed by atoms with Crippen LogP contribution < -0.4 is 4.90 Å². The third-order valence-electron chi connectivity index (χ3n) is 4.90. The summed E-state index contributed by atoms with van der Waals surface area (Å²) < 4.78 is 0. The van der Waals surface area contributed by atoms with Gasteiger partial charge in [0.2, 0.25) is 0 Å². The van der Waals surface area contributed by atoms with Gasteiger partial charge in [-0.25, -0.2) is 0 Å². The fraction of sp³-hybridized carbons (Fsp3) is 0.0714.